The van der Waals surface area contributed by atoms with Gasteiger partial charge in [0.2, 0.25) is 0 Å². The number of aliphatic hydroxyl groups excluding tert-OH is 1. The molecule has 0 aromatic heterocycles. The van der Waals surface area contributed by atoms with Gasteiger partial charge in [0.25, 0.3) is 0 Å². The van der Waals surface area contributed by atoms with E-state index in [2.05, 4.69) is 0 Å². The molecular weight excluding hydrogens is 190 g/mol. The van der Waals surface area contributed by atoms with E-state index in [1.807, 2.05) is 0 Å². The second kappa shape index (κ2) is 8.08. The number of hydrogen-bond acceptors (Lipinski definition) is 3. The molecule has 3 heteroatoms. The van der Waals surface area contributed by atoms with Gasteiger partial charge in [-0.05, 0) is 38.5 Å². The van der Waals surface area contributed by atoms with E-state index in [9.17, 15) is 0 Å². The molecule has 2 atom stereocenters. The van der Waals surface area contributed by atoms with Crippen molar-refractivity contribution in [1.29, 1.82) is 0 Å². The zero-order valence-corrected chi connectivity index (χ0v) is 9.66. The maximum Gasteiger partial charge on any atom is 0.0589 e. The third-order valence-corrected chi connectivity index (χ3v) is 3.07. The minimum Gasteiger partial charge on any atom is -0.396 e. The predicted molar refractivity (Wildman–Crippen MR) is 61.7 cm³/mol. The molecule has 0 aromatic carbocycles. The first-order valence-corrected chi connectivity index (χ1v) is 6.31. The molecule has 0 saturated heterocycles. The minimum absolute atomic E-state index is 0.318. The van der Waals surface area contributed by atoms with Crippen LogP contribution in [0, 0.1) is 0 Å². The van der Waals surface area contributed by atoms with Gasteiger partial charge in [-0.2, -0.15) is 0 Å². The van der Waals surface area contributed by atoms with E-state index in [0.717, 1.165) is 38.7 Å². The van der Waals surface area contributed by atoms with Crippen LogP contribution in [0.4, 0.5) is 0 Å². The van der Waals surface area contributed by atoms with E-state index in [1.165, 1.54) is 19.3 Å². The number of nitrogens with two attached hydrogens (primary N) is 1. The molecule has 1 fully saturated rings. The summed E-state index contributed by atoms with van der Waals surface area (Å²) >= 11 is 0. The summed E-state index contributed by atoms with van der Waals surface area (Å²) in [6.07, 6.45) is 9.34. The highest BCUT2D eigenvalue weighted by atomic mass is 16.5. The Morgan fingerprint density at radius 3 is 2.67 bits per heavy atom. The monoisotopic (exact) mass is 215 g/mol. The highest BCUT2D eigenvalue weighted by molar-refractivity contribution is 4.75. The molecule has 1 saturated carbocycles. The van der Waals surface area contributed by atoms with Crippen molar-refractivity contribution >= 4 is 0 Å². The fraction of sp³-hybridized carbons (Fsp3) is 1.00. The second-order valence-electron chi connectivity index (χ2n) is 4.56. The SMILES string of the molecule is NC1CCCC(OCCCCCCO)C1. The van der Waals surface area contributed by atoms with Gasteiger partial charge in [0.05, 0.1) is 6.10 Å². The average molecular weight is 215 g/mol. The predicted octanol–water partition coefficient (Wildman–Crippen LogP) is 1.83. The lowest BCUT2D eigenvalue weighted by Crippen LogP contribution is -2.32. The van der Waals surface area contributed by atoms with E-state index < -0.39 is 0 Å². The van der Waals surface area contributed by atoms with Crippen LogP contribution in [0.2, 0.25) is 0 Å². The summed E-state index contributed by atoms with van der Waals surface area (Å²) in [7, 11) is 0. The molecule has 0 heterocycles. The molecule has 3 N–H and O–H groups in total. The first-order chi connectivity index (χ1) is 7.33. The Kier molecular flexibility index (Phi) is 6.98. The van der Waals surface area contributed by atoms with Gasteiger partial charge in [-0.3, -0.25) is 0 Å². The van der Waals surface area contributed by atoms with Crippen molar-refractivity contribution in [3.8, 4) is 0 Å². The summed E-state index contributed by atoms with van der Waals surface area (Å²) in [6.45, 7) is 1.18. The molecule has 0 spiro atoms. The van der Waals surface area contributed by atoms with E-state index in [4.69, 9.17) is 15.6 Å². The Morgan fingerprint density at radius 2 is 1.93 bits per heavy atom. The lowest BCUT2D eigenvalue weighted by atomic mass is 9.93. The van der Waals surface area contributed by atoms with Crippen molar-refractivity contribution in [2.24, 2.45) is 5.73 Å². The van der Waals surface area contributed by atoms with E-state index in [1.54, 1.807) is 0 Å². The number of ether oxygens (including phenoxy) is 1. The maximum absolute atomic E-state index is 8.61. The number of aliphatic hydroxyl groups is 1. The van der Waals surface area contributed by atoms with Crippen LogP contribution in [0.25, 0.3) is 0 Å². The summed E-state index contributed by atoms with van der Waals surface area (Å²) < 4.78 is 5.79. The smallest absolute Gasteiger partial charge is 0.0589 e. The lowest BCUT2D eigenvalue weighted by molar-refractivity contribution is 0.0214. The first kappa shape index (κ1) is 12.9. The van der Waals surface area contributed by atoms with Crippen molar-refractivity contribution in [1.82, 2.24) is 0 Å². The van der Waals surface area contributed by atoms with Crippen LogP contribution in [-0.2, 0) is 4.74 Å². The molecule has 0 bridgehead atoms. The van der Waals surface area contributed by atoms with Crippen LogP contribution in [0.15, 0.2) is 0 Å². The zero-order chi connectivity index (χ0) is 10.9. The second-order valence-corrected chi connectivity index (χ2v) is 4.56. The van der Waals surface area contributed by atoms with E-state index in [0.29, 0.717) is 18.8 Å². The lowest BCUT2D eigenvalue weighted by Gasteiger charge is -2.26. The molecule has 90 valence electrons. The van der Waals surface area contributed by atoms with Gasteiger partial charge in [-0.1, -0.05) is 12.8 Å². The number of unbranched alkanes of at least 4 members (excludes halogenated alkanes) is 3. The van der Waals surface area contributed by atoms with Crippen molar-refractivity contribution in [2.45, 2.75) is 63.5 Å². The molecule has 1 rings (SSSR count). The Balaban J connectivity index is 1.90. The molecule has 0 aromatic rings. The third-order valence-electron chi connectivity index (χ3n) is 3.07. The Hall–Kier alpha value is -0.120. The quantitative estimate of drug-likeness (QED) is 0.637. The van der Waals surface area contributed by atoms with Gasteiger partial charge in [0.15, 0.2) is 0 Å². The molecule has 0 amide bonds. The van der Waals surface area contributed by atoms with Crippen LogP contribution in [0.5, 0.6) is 0 Å². The van der Waals surface area contributed by atoms with E-state index >= 15 is 0 Å². The zero-order valence-electron chi connectivity index (χ0n) is 9.66. The van der Waals surface area contributed by atoms with Gasteiger partial charge in [0.1, 0.15) is 0 Å². The van der Waals surface area contributed by atoms with Crippen molar-refractivity contribution in [3.63, 3.8) is 0 Å². The van der Waals surface area contributed by atoms with Gasteiger partial charge in [0, 0.05) is 19.3 Å². The van der Waals surface area contributed by atoms with Gasteiger partial charge in [-0.15, -0.1) is 0 Å². The summed E-state index contributed by atoms with van der Waals surface area (Å²) in [5.41, 5.74) is 5.89. The molecule has 0 radical (unpaired) electrons. The molecular formula is C12H25NO2. The highest BCUT2D eigenvalue weighted by Crippen LogP contribution is 2.20. The largest absolute Gasteiger partial charge is 0.396 e. The summed E-state index contributed by atoms with van der Waals surface area (Å²) in [5.74, 6) is 0. The molecule has 1 aliphatic rings. The standard InChI is InChI=1S/C12H25NO2/c13-11-6-5-7-12(10-11)15-9-4-2-1-3-8-14/h11-12,14H,1-10,13H2. The normalized spacial score (nSPS) is 26.8. The van der Waals surface area contributed by atoms with Crippen LogP contribution in [-0.4, -0.2) is 30.5 Å². The van der Waals surface area contributed by atoms with Gasteiger partial charge >= 0.3 is 0 Å². The van der Waals surface area contributed by atoms with Crippen molar-refractivity contribution in [2.75, 3.05) is 13.2 Å². The molecule has 2 unspecified atom stereocenters. The average Bonchev–Trinajstić information content (AvgIpc) is 2.23. The summed E-state index contributed by atoms with van der Waals surface area (Å²) in [5, 5.41) is 8.61. The van der Waals surface area contributed by atoms with Crippen LogP contribution >= 0.6 is 0 Å². The fourth-order valence-electron chi connectivity index (χ4n) is 2.15. The molecule has 0 aliphatic heterocycles. The number of hydrogen-bond donors (Lipinski definition) is 2. The molecule has 15 heavy (non-hydrogen) atoms. The molecule has 3 nitrogen and oxygen atoms in total. The summed E-state index contributed by atoms with van der Waals surface area (Å²) in [6, 6.07) is 0.359. The van der Waals surface area contributed by atoms with Gasteiger partial charge < -0.3 is 15.6 Å². The van der Waals surface area contributed by atoms with E-state index in [-0.39, 0.29) is 0 Å². The maximum atomic E-state index is 8.61. The highest BCUT2D eigenvalue weighted by Gasteiger charge is 2.18. The molecule has 1 aliphatic carbocycles. The minimum atomic E-state index is 0.318. The Labute approximate surface area is 93.0 Å². The van der Waals surface area contributed by atoms with Crippen LogP contribution in [0.3, 0.4) is 0 Å². The third kappa shape index (κ3) is 6.13. The van der Waals surface area contributed by atoms with Gasteiger partial charge in [-0.25, -0.2) is 0 Å². The van der Waals surface area contributed by atoms with Crippen LogP contribution < -0.4 is 5.73 Å². The Bertz CT molecular complexity index is 153. The van der Waals surface area contributed by atoms with Crippen LogP contribution in [0.1, 0.15) is 51.4 Å². The number of rotatable bonds is 7. The fourth-order valence-corrected chi connectivity index (χ4v) is 2.15. The Morgan fingerprint density at radius 1 is 1.13 bits per heavy atom. The van der Waals surface area contributed by atoms with Crippen molar-refractivity contribution in [3.05, 3.63) is 0 Å². The topological polar surface area (TPSA) is 55.5 Å². The first-order valence-electron chi connectivity index (χ1n) is 6.31. The van der Waals surface area contributed by atoms with Crippen molar-refractivity contribution < 1.29 is 9.84 Å². The summed E-state index contributed by atoms with van der Waals surface area (Å²) in [4.78, 5) is 0.